The lowest BCUT2D eigenvalue weighted by Crippen LogP contribution is -2.58. The van der Waals surface area contributed by atoms with Gasteiger partial charge in [0, 0.05) is 0 Å². The zero-order valence-corrected chi connectivity index (χ0v) is 22.0. The molecule has 1 saturated heterocycles. The fraction of sp³-hybridized carbons (Fsp3) is 0.889. The fourth-order valence-corrected chi connectivity index (χ4v) is 4.33. The summed E-state index contributed by atoms with van der Waals surface area (Å²) in [6, 6.07) is -0.793. The number of esters is 1. The van der Waals surface area contributed by atoms with Gasteiger partial charge >= 0.3 is 5.97 Å². The van der Waals surface area contributed by atoms with E-state index in [2.05, 4.69) is 29.4 Å². The topological polar surface area (TPSA) is 87.7 Å². The third-order valence-electron chi connectivity index (χ3n) is 6.49. The lowest BCUT2D eigenvalue weighted by atomic mass is 10.1. The number of unbranched alkanes of at least 4 members (excludes halogenated alkanes) is 14. The van der Waals surface area contributed by atoms with Gasteiger partial charge in [-0.2, -0.15) is 0 Å². The third-order valence-corrected chi connectivity index (χ3v) is 6.49. The summed E-state index contributed by atoms with van der Waals surface area (Å²) in [5, 5.41) is 5.07. The highest BCUT2D eigenvalue weighted by Crippen LogP contribution is 2.11. The summed E-state index contributed by atoms with van der Waals surface area (Å²) < 4.78 is 5.34. The number of hydrogen-bond acceptors (Lipinski definition) is 5. The van der Waals surface area contributed by atoms with Crippen molar-refractivity contribution in [3.05, 3.63) is 0 Å². The van der Waals surface area contributed by atoms with Crippen molar-refractivity contribution >= 4 is 17.8 Å². The van der Waals surface area contributed by atoms with E-state index in [-0.39, 0.29) is 37.5 Å². The number of rotatable bonds is 22. The molecule has 1 rings (SSSR count). The molecule has 1 atom stereocenters. The zero-order valence-electron chi connectivity index (χ0n) is 22.0. The van der Waals surface area contributed by atoms with Crippen LogP contribution in [-0.4, -0.2) is 61.5 Å². The molecule has 198 valence electrons. The Morgan fingerprint density at radius 3 is 1.76 bits per heavy atom. The molecule has 1 aliphatic rings. The molecule has 1 fully saturated rings. The molecule has 0 saturated carbocycles. The summed E-state index contributed by atoms with van der Waals surface area (Å²) in [4.78, 5) is 37.9. The number of hydrogen-bond donors (Lipinski definition) is 2. The Bertz CT molecular complexity index is 536. The highest BCUT2D eigenvalue weighted by molar-refractivity contribution is 5.94. The van der Waals surface area contributed by atoms with Crippen LogP contribution in [0.5, 0.6) is 0 Å². The van der Waals surface area contributed by atoms with E-state index >= 15 is 0 Å². The van der Waals surface area contributed by atoms with Crippen LogP contribution in [0.3, 0.4) is 0 Å². The Labute approximate surface area is 208 Å². The number of nitrogens with one attached hydrogen (secondary N) is 2. The molecule has 1 aliphatic heterocycles. The second-order valence-electron chi connectivity index (χ2n) is 9.75. The van der Waals surface area contributed by atoms with E-state index in [1.54, 1.807) is 0 Å². The minimum atomic E-state index is -0.793. The fourth-order valence-electron chi connectivity index (χ4n) is 4.33. The van der Waals surface area contributed by atoms with Crippen LogP contribution in [0.2, 0.25) is 0 Å². The first-order chi connectivity index (χ1) is 16.6. The molecular weight excluding hydrogens is 430 g/mol. The highest BCUT2D eigenvalue weighted by atomic mass is 16.5. The number of ether oxygens (including phenoxy) is 1. The summed E-state index contributed by atoms with van der Waals surface area (Å²) in [5.74, 6) is -0.888. The van der Waals surface area contributed by atoms with Crippen LogP contribution in [-0.2, 0) is 19.1 Å². The van der Waals surface area contributed by atoms with E-state index in [1.165, 1.54) is 89.9 Å². The molecule has 34 heavy (non-hydrogen) atoms. The van der Waals surface area contributed by atoms with Gasteiger partial charge < -0.3 is 15.4 Å². The maximum absolute atomic E-state index is 12.4. The predicted octanol–water partition coefficient (Wildman–Crippen LogP) is 4.73. The Hall–Kier alpha value is -1.63. The van der Waals surface area contributed by atoms with E-state index in [4.69, 9.17) is 4.74 Å². The predicted molar refractivity (Wildman–Crippen MR) is 138 cm³/mol. The van der Waals surface area contributed by atoms with Crippen LogP contribution in [0, 0.1) is 0 Å². The van der Waals surface area contributed by atoms with E-state index in [0.717, 1.165) is 25.9 Å². The van der Waals surface area contributed by atoms with Crippen LogP contribution >= 0.6 is 0 Å². The minimum absolute atomic E-state index is 0.0196. The number of carbonyl (C=O) groups excluding carboxylic acids is 3. The first-order valence-electron chi connectivity index (χ1n) is 14.0. The average molecular weight is 482 g/mol. The number of nitrogens with zero attached hydrogens (tertiary/aromatic N) is 1. The van der Waals surface area contributed by atoms with Crippen molar-refractivity contribution in [2.45, 2.75) is 123 Å². The van der Waals surface area contributed by atoms with Gasteiger partial charge in [-0.15, -0.1) is 0 Å². The first kappa shape index (κ1) is 30.4. The largest absolute Gasteiger partial charge is 0.462 e. The molecule has 0 spiro atoms. The summed E-state index contributed by atoms with van der Waals surface area (Å²) in [5.41, 5.74) is 0. The molecule has 0 aliphatic carbocycles. The third kappa shape index (κ3) is 16.1. The minimum Gasteiger partial charge on any atom is -0.462 e. The quantitative estimate of drug-likeness (QED) is 0.172. The average Bonchev–Trinajstić information content (AvgIpc) is 2.82. The lowest BCUT2D eigenvalue weighted by molar-refractivity contribution is -0.148. The van der Waals surface area contributed by atoms with Gasteiger partial charge in [0.05, 0.1) is 13.1 Å². The molecule has 7 heteroatoms. The summed E-state index contributed by atoms with van der Waals surface area (Å²) in [7, 11) is 0. The molecule has 0 bridgehead atoms. The second-order valence-corrected chi connectivity index (χ2v) is 9.75. The molecule has 0 aromatic heterocycles. The molecule has 7 nitrogen and oxygen atoms in total. The number of piperazine rings is 1. The Balaban J connectivity index is 2.31. The van der Waals surface area contributed by atoms with Crippen molar-refractivity contribution in [3.8, 4) is 0 Å². The Kier molecular flexibility index (Phi) is 18.5. The molecule has 2 amide bonds. The zero-order chi connectivity index (χ0) is 24.9. The van der Waals surface area contributed by atoms with E-state index in [9.17, 15) is 14.4 Å². The first-order valence-corrected chi connectivity index (χ1v) is 14.0. The van der Waals surface area contributed by atoms with E-state index in [0.29, 0.717) is 0 Å². The smallest absolute Gasteiger partial charge is 0.320 e. The van der Waals surface area contributed by atoms with Crippen molar-refractivity contribution in [2.24, 2.45) is 0 Å². The van der Waals surface area contributed by atoms with Crippen LogP contribution in [0.4, 0.5) is 0 Å². The molecule has 1 heterocycles. The maximum atomic E-state index is 12.4. The van der Waals surface area contributed by atoms with E-state index in [1.807, 2.05) is 0 Å². The normalized spacial score (nSPS) is 15.9. The van der Waals surface area contributed by atoms with E-state index < -0.39 is 6.04 Å². The van der Waals surface area contributed by atoms with Gasteiger partial charge in [-0.25, -0.2) is 0 Å². The van der Waals surface area contributed by atoms with Crippen molar-refractivity contribution in [1.82, 2.24) is 15.5 Å². The molecule has 2 N–H and O–H groups in total. The van der Waals surface area contributed by atoms with Gasteiger partial charge in [0.25, 0.3) is 0 Å². The second kappa shape index (κ2) is 20.7. The molecule has 0 aromatic carbocycles. The van der Waals surface area contributed by atoms with Crippen LogP contribution in [0.15, 0.2) is 0 Å². The molecular formula is C27H51N3O4. The summed E-state index contributed by atoms with van der Waals surface area (Å²) >= 11 is 0. The van der Waals surface area contributed by atoms with Crippen molar-refractivity contribution in [1.29, 1.82) is 0 Å². The Morgan fingerprint density at radius 2 is 1.26 bits per heavy atom. The van der Waals surface area contributed by atoms with Gasteiger partial charge in [0.2, 0.25) is 11.8 Å². The summed E-state index contributed by atoms with van der Waals surface area (Å²) in [6.45, 7) is 6.41. The summed E-state index contributed by atoms with van der Waals surface area (Å²) in [6.07, 6.45) is 20.3. The van der Waals surface area contributed by atoms with Crippen molar-refractivity contribution in [2.75, 3.05) is 32.8 Å². The van der Waals surface area contributed by atoms with Crippen molar-refractivity contribution in [3.63, 3.8) is 0 Å². The monoisotopic (exact) mass is 481 g/mol. The number of amides is 2. The van der Waals surface area contributed by atoms with Crippen molar-refractivity contribution < 1.29 is 19.1 Å². The SMILES string of the molecule is CCCCCCCCCCN(CCCCCCCCCC)CC(=O)OC[C@@H]1NC(=O)CNC1=O. The standard InChI is InChI=1S/C27H51N3O4/c1-3-5-7-9-11-13-15-17-19-30(20-18-16-14-12-10-8-6-4-2)22-26(32)34-23-24-27(33)28-21-25(31)29-24/h24H,3-23H2,1-2H3,(H,28,33)(H,29,31)/t24-/m0/s1. The molecule has 0 unspecified atom stereocenters. The van der Waals surface area contributed by atoms with Crippen LogP contribution < -0.4 is 10.6 Å². The van der Waals surface area contributed by atoms with Gasteiger partial charge in [-0.1, -0.05) is 104 Å². The van der Waals surface area contributed by atoms with Gasteiger partial charge in [0.15, 0.2) is 0 Å². The lowest BCUT2D eigenvalue weighted by Gasteiger charge is -2.24. The van der Waals surface area contributed by atoms with Gasteiger partial charge in [0.1, 0.15) is 12.6 Å². The maximum Gasteiger partial charge on any atom is 0.320 e. The van der Waals surface area contributed by atoms with Gasteiger partial charge in [-0.05, 0) is 25.9 Å². The van der Waals surface area contributed by atoms with Crippen LogP contribution in [0.1, 0.15) is 117 Å². The Morgan fingerprint density at radius 1 is 0.794 bits per heavy atom. The molecule has 0 aromatic rings. The number of carbonyl (C=O) groups is 3. The molecule has 0 radical (unpaired) electrons. The van der Waals surface area contributed by atoms with Crippen LogP contribution in [0.25, 0.3) is 0 Å². The highest BCUT2D eigenvalue weighted by Gasteiger charge is 2.27. The van der Waals surface area contributed by atoms with Gasteiger partial charge in [-0.3, -0.25) is 19.3 Å².